The smallest absolute Gasteiger partial charge is 0.872 e. The topological polar surface area (TPSA) is 69.2 Å². The first-order valence-corrected chi connectivity index (χ1v) is 10.1. The molecular formula is C27H33AlO3. The average molecular weight is 433 g/mol. The van der Waals surface area contributed by atoms with E-state index < -0.39 is 0 Å². The van der Waals surface area contributed by atoms with Gasteiger partial charge in [0.2, 0.25) is 0 Å². The molecule has 0 spiro atoms. The molecule has 0 fully saturated rings. The van der Waals surface area contributed by atoms with Gasteiger partial charge in [0.05, 0.1) is 0 Å². The van der Waals surface area contributed by atoms with Crippen LogP contribution in [0.1, 0.15) is 50.1 Å². The monoisotopic (exact) mass is 432 g/mol. The third kappa shape index (κ3) is 8.69. The van der Waals surface area contributed by atoms with E-state index >= 15 is 0 Å². The second kappa shape index (κ2) is 12.4. The van der Waals surface area contributed by atoms with E-state index in [-0.39, 0.29) is 34.6 Å². The molecule has 0 aromatic heterocycles. The van der Waals surface area contributed by atoms with E-state index in [1.165, 1.54) is 0 Å². The van der Waals surface area contributed by atoms with Crippen LogP contribution >= 0.6 is 0 Å². The minimum absolute atomic E-state index is 0. The zero-order chi connectivity index (χ0) is 23.2. The fourth-order valence-corrected chi connectivity index (χ4v) is 3.00. The van der Waals surface area contributed by atoms with Gasteiger partial charge in [-0.25, -0.2) is 0 Å². The van der Waals surface area contributed by atoms with Gasteiger partial charge in [-0.15, -0.1) is 17.2 Å². The Morgan fingerprint density at radius 3 is 0.742 bits per heavy atom. The molecule has 0 amide bonds. The molecule has 0 radical (unpaired) electrons. The quantitative estimate of drug-likeness (QED) is 0.485. The summed E-state index contributed by atoms with van der Waals surface area (Å²) in [6.07, 6.45) is 0. The van der Waals surface area contributed by atoms with Crippen LogP contribution in [0.5, 0.6) is 17.2 Å². The summed E-state index contributed by atoms with van der Waals surface area (Å²) in [6, 6.07) is 11.1. The van der Waals surface area contributed by atoms with Crippen LogP contribution in [0.3, 0.4) is 0 Å². The predicted molar refractivity (Wildman–Crippen MR) is 126 cm³/mol. The van der Waals surface area contributed by atoms with E-state index in [2.05, 4.69) is 0 Å². The average Bonchev–Trinajstić information content (AvgIpc) is 2.63. The maximum absolute atomic E-state index is 11.1. The minimum atomic E-state index is 0. The Morgan fingerprint density at radius 1 is 0.387 bits per heavy atom. The molecule has 0 aliphatic heterocycles. The molecule has 0 N–H and O–H groups in total. The SMILES string of the molecule is Cc1cc(C)c(C)c([O-])c1.Cc1cc(C)c(C)c([O-])c1.Cc1cc(C)c(C)c([O-])c1.[Al+3]. The molecule has 0 aliphatic carbocycles. The summed E-state index contributed by atoms with van der Waals surface area (Å²) >= 11 is 0. The molecule has 4 heteroatoms. The molecule has 0 bridgehead atoms. The van der Waals surface area contributed by atoms with Crippen LogP contribution in [0.25, 0.3) is 0 Å². The van der Waals surface area contributed by atoms with Gasteiger partial charge >= 0.3 is 17.4 Å². The van der Waals surface area contributed by atoms with Gasteiger partial charge in [0.15, 0.2) is 0 Å². The zero-order valence-corrected chi connectivity index (χ0v) is 21.4. The first-order valence-electron chi connectivity index (χ1n) is 10.1. The summed E-state index contributed by atoms with van der Waals surface area (Å²) < 4.78 is 0. The number of hydrogen-bond acceptors (Lipinski definition) is 3. The molecule has 0 aliphatic rings. The normalized spacial score (nSPS) is 9.58. The Morgan fingerprint density at radius 2 is 0.581 bits per heavy atom. The van der Waals surface area contributed by atoms with E-state index in [0.717, 1.165) is 50.1 Å². The molecule has 0 saturated carbocycles. The van der Waals surface area contributed by atoms with Crippen molar-refractivity contribution in [1.29, 1.82) is 0 Å². The van der Waals surface area contributed by atoms with Crippen molar-refractivity contribution in [2.45, 2.75) is 62.3 Å². The van der Waals surface area contributed by atoms with Crippen molar-refractivity contribution in [2.75, 3.05) is 0 Å². The van der Waals surface area contributed by atoms with Gasteiger partial charge in [-0.05, 0) is 79.0 Å². The molecule has 0 atom stereocenters. The van der Waals surface area contributed by atoms with Crippen molar-refractivity contribution in [3.63, 3.8) is 0 Å². The Labute approximate surface area is 198 Å². The Bertz CT molecular complexity index is 822. The Balaban J connectivity index is 0.000000429. The Kier molecular flexibility index (Phi) is 11.5. The summed E-state index contributed by atoms with van der Waals surface area (Å²) in [7, 11) is 0. The molecule has 3 aromatic carbocycles. The summed E-state index contributed by atoms with van der Waals surface area (Å²) in [5, 5.41) is 33.2. The van der Waals surface area contributed by atoms with E-state index in [1.54, 1.807) is 18.2 Å². The van der Waals surface area contributed by atoms with Crippen LogP contribution in [-0.4, -0.2) is 17.4 Å². The molecule has 0 saturated heterocycles. The molecule has 31 heavy (non-hydrogen) atoms. The van der Waals surface area contributed by atoms with Crippen molar-refractivity contribution in [3.05, 3.63) is 86.5 Å². The maximum atomic E-state index is 11.1. The number of benzene rings is 3. The first-order chi connectivity index (χ1) is 13.8. The number of aryl methyl sites for hydroxylation is 6. The van der Waals surface area contributed by atoms with Crippen LogP contribution in [-0.2, 0) is 0 Å². The third-order valence-corrected chi connectivity index (χ3v) is 5.29. The van der Waals surface area contributed by atoms with Gasteiger partial charge in [0.1, 0.15) is 0 Å². The molecule has 3 nitrogen and oxygen atoms in total. The van der Waals surface area contributed by atoms with E-state index in [9.17, 15) is 15.3 Å². The molecule has 0 unspecified atom stereocenters. The fourth-order valence-electron chi connectivity index (χ4n) is 3.00. The van der Waals surface area contributed by atoms with Crippen molar-refractivity contribution in [2.24, 2.45) is 0 Å². The molecular weight excluding hydrogens is 399 g/mol. The van der Waals surface area contributed by atoms with Crippen LogP contribution in [0.2, 0.25) is 0 Å². The van der Waals surface area contributed by atoms with Crippen LogP contribution in [0.4, 0.5) is 0 Å². The molecule has 3 rings (SSSR count). The molecule has 162 valence electrons. The van der Waals surface area contributed by atoms with Gasteiger partial charge < -0.3 is 15.3 Å². The predicted octanol–water partition coefficient (Wildman–Crippen LogP) is 4.68. The standard InChI is InChI=1S/3C9H12O.Al/c3*1-6-4-7(2)8(3)9(10)5-6;/h3*4-5,10H,1-3H3;/q;;;+3/p-3. The minimum Gasteiger partial charge on any atom is -0.872 e. The summed E-state index contributed by atoms with van der Waals surface area (Å²) in [5.41, 5.74) is 9.01. The van der Waals surface area contributed by atoms with Crippen LogP contribution in [0, 0.1) is 62.3 Å². The summed E-state index contributed by atoms with van der Waals surface area (Å²) in [4.78, 5) is 0. The van der Waals surface area contributed by atoms with Crippen molar-refractivity contribution in [1.82, 2.24) is 0 Å². The first kappa shape index (κ1) is 28.6. The van der Waals surface area contributed by atoms with Crippen LogP contribution < -0.4 is 15.3 Å². The summed E-state index contributed by atoms with van der Waals surface area (Å²) in [5.74, 6) is 0.451. The van der Waals surface area contributed by atoms with Gasteiger partial charge in [-0.3, -0.25) is 0 Å². The van der Waals surface area contributed by atoms with Gasteiger partial charge in [0.25, 0.3) is 0 Å². The molecule has 3 aromatic rings. The van der Waals surface area contributed by atoms with E-state index in [0.29, 0.717) is 0 Å². The summed E-state index contributed by atoms with van der Waals surface area (Å²) in [6.45, 7) is 17.3. The van der Waals surface area contributed by atoms with Crippen molar-refractivity contribution < 1.29 is 15.3 Å². The van der Waals surface area contributed by atoms with Gasteiger partial charge in [-0.1, -0.05) is 69.8 Å². The van der Waals surface area contributed by atoms with Gasteiger partial charge in [-0.2, -0.15) is 0 Å². The third-order valence-electron chi connectivity index (χ3n) is 5.29. The maximum Gasteiger partial charge on any atom is 3.00 e. The van der Waals surface area contributed by atoms with Crippen molar-refractivity contribution >= 4 is 17.4 Å². The van der Waals surface area contributed by atoms with E-state index in [1.807, 2.05) is 80.5 Å². The zero-order valence-electron chi connectivity index (χ0n) is 20.3. The second-order valence-electron chi connectivity index (χ2n) is 8.11. The number of rotatable bonds is 0. The van der Waals surface area contributed by atoms with Crippen molar-refractivity contribution in [3.8, 4) is 17.2 Å². The molecule has 0 heterocycles. The second-order valence-corrected chi connectivity index (χ2v) is 8.11. The number of hydrogen-bond donors (Lipinski definition) is 0. The fraction of sp³-hybridized carbons (Fsp3) is 0.333. The van der Waals surface area contributed by atoms with Gasteiger partial charge in [0, 0.05) is 0 Å². The Hall–Kier alpha value is -2.41. The van der Waals surface area contributed by atoms with E-state index in [4.69, 9.17) is 0 Å². The van der Waals surface area contributed by atoms with Crippen LogP contribution in [0.15, 0.2) is 36.4 Å². The largest absolute Gasteiger partial charge is 3.00 e.